The molecule has 0 spiro atoms. The summed E-state index contributed by atoms with van der Waals surface area (Å²) < 4.78 is 26.9. The molecule has 4 amide bonds. The zero-order valence-electron chi connectivity index (χ0n) is 19.2. The van der Waals surface area contributed by atoms with Crippen molar-refractivity contribution in [1.82, 2.24) is 0 Å². The van der Waals surface area contributed by atoms with Gasteiger partial charge in [-0.3, -0.25) is 9.59 Å². The highest BCUT2D eigenvalue weighted by molar-refractivity contribution is 8.08. The Kier molecular flexibility index (Phi) is 6.45. The van der Waals surface area contributed by atoms with Gasteiger partial charge in [0, 0.05) is 29.0 Å². The van der Waals surface area contributed by atoms with E-state index in [2.05, 4.69) is 15.3 Å². The number of urea groups is 1. The number of carbonyl (C=O) groups excluding carboxylic acids is 3. The van der Waals surface area contributed by atoms with E-state index in [0.29, 0.717) is 41.0 Å². The predicted octanol–water partition coefficient (Wildman–Crippen LogP) is 3.86. The Bertz CT molecular complexity index is 1600. The number of rotatable bonds is 5. The van der Waals surface area contributed by atoms with Crippen molar-refractivity contribution in [2.45, 2.75) is 11.3 Å². The lowest BCUT2D eigenvalue weighted by atomic mass is 10.1. The molecule has 2 aliphatic heterocycles. The quantitative estimate of drug-likeness (QED) is 0.497. The van der Waals surface area contributed by atoms with Crippen LogP contribution < -0.4 is 10.2 Å². The highest BCUT2D eigenvalue weighted by Crippen LogP contribution is 2.33. The maximum atomic E-state index is 13.4. The highest BCUT2D eigenvalue weighted by Gasteiger charge is 2.35. The summed E-state index contributed by atoms with van der Waals surface area (Å²) in [6.07, 6.45) is 0.458. The Balaban J connectivity index is 1.40. The maximum Gasteiger partial charge on any atom is 0.369 e. The summed E-state index contributed by atoms with van der Waals surface area (Å²) in [7, 11) is -4.15. The van der Waals surface area contributed by atoms with Crippen molar-refractivity contribution in [2.24, 2.45) is 9.98 Å². The number of nitrogens with one attached hydrogen (secondary N) is 1. The third kappa shape index (κ3) is 4.68. The first kappa shape index (κ1) is 24.5. The second-order valence-electron chi connectivity index (χ2n) is 8.29. The van der Waals surface area contributed by atoms with Gasteiger partial charge < -0.3 is 10.2 Å². The Hall–Kier alpha value is -4.15. The van der Waals surface area contributed by atoms with Gasteiger partial charge in [-0.25, -0.2) is 13.2 Å². The van der Waals surface area contributed by atoms with Crippen LogP contribution in [0.1, 0.15) is 21.5 Å². The number of anilines is 2. The molecule has 0 aromatic heterocycles. The van der Waals surface area contributed by atoms with Crippen molar-refractivity contribution in [3.05, 3.63) is 89.5 Å². The lowest BCUT2D eigenvalue weighted by Crippen LogP contribution is -2.29. The molecule has 0 saturated heterocycles. The first-order chi connectivity index (χ1) is 17.8. The molecule has 3 aromatic carbocycles. The molecule has 9 nitrogen and oxygen atoms in total. The number of fused-ring (bicyclic) bond motifs is 1. The summed E-state index contributed by atoms with van der Waals surface area (Å²) in [4.78, 5) is 45.6. The largest absolute Gasteiger partial charge is 0.369 e. The summed E-state index contributed by atoms with van der Waals surface area (Å²) in [5, 5.41) is 2.22. The molecule has 11 heteroatoms. The number of sulfone groups is 1. The van der Waals surface area contributed by atoms with Crippen LogP contribution in [0.5, 0.6) is 0 Å². The van der Waals surface area contributed by atoms with E-state index in [9.17, 15) is 22.8 Å². The third-order valence-corrected chi connectivity index (χ3v) is 7.86. The maximum absolute atomic E-state index is 13.4. The summed E-state index contributed by atoms with van der Waals surface area (Å²) in [5.41, 5.74) is 2.70. The van der Waals surface area contributed by atoms with Crippen LogP contribution in [-0.4, -0.2) is 49.4 Å². The SMILES string of the molecule is O=C1N=C(c2ccccc2)C(S(=O)(=O)c2ccc3c(c2)CCN3C(=O)c2ccc(NC(=O)CCl)cc2)=N1. The van der Waals surface area contributed by atoms with E-state index in [1.54, 1.807) is 65.6 Å². The van der Waals surface area contributed by atoms with Crippen LogP contribution in [0.4, 0.5) is 16.2 Å². The molecule has 0 radical (unpaired) electrons. The first-order valence-corrected chi connectivity index (χ1v) is 13.2. The predicted molar refractivity (Wildman–Crippen MR) is 141 cm³/mol. The third-order valence-electron chi connectivity index (χ3n) is 5.95. The molecule has 0 aliphatic carbocycles. The van der Waals surface area contributed by atoms with Crippen LogP contribution in [0.15, 0.2) is 87.7 Å². The number of nitrogens with zero attached hydrogens (tertiary/aromatic N) is 3. The number of aliphatic imine (C=N–C) groups is 2. The van der Waals surface area contributed by atoms with Gasteiger partial charge in [0.1, 0.15) is 11.6 Å². The minimum Gasteiger partial charge on any atom is -0.325 e. The summed E-state index contributed by atoms with van der Waals surface area (Å²) in [6.45, 7) is 0.374. The molecule has 2 aliphatic rings. The highest BCUT2D eigenvalue weighted by atomic mass is 35.5. The zero-order chi connectivity index (χ0) is 26.2. The van der Waals surface area contributed by atoms with Crippen LogP contribution in [0.3, 0.4) is 0 Å². The molecule has 37 heavy (non-hydrogen) atoms. The second-order valence-corrected chi connectivity index (χ2v) is 10.4. The van der Waals surface area contributed by atoms with Gasteiger partial charge in [-0.15, -0.1) is 11.6 Å². The van der Waals surface area contributed by atoms with Gasteiger partial charge in [0.25, 0.3) is 5.91 Å². The molecule has 1 N–H and O–H groups in total. The fourth-order valence-corrected chi connectivity index (χ4v) is 5.64. The number of hydrogen-bond acceptors (Lipinski definition) is 5. The van der Waals surface area contributed by atoms with E-state index in [-0.39, 0.29) is 28.3 Å². The second kappa shape index (κ2) is 9.72. The Labute approximate surface area is 217 Å². The molecule has 3 aromatic rings. The summed E-state index contributed by atoms with van der Waals surface area (Å²) in [6, 6.07) is 18.6. The molecular weight excluding hydrogens is 516 g/mol. The molecule has 0 fully saturated rings. The number of carbonyl (C=O) groups is 3. The van der Waals surface area contributed by atoms with Gasteiger partial charge in [0.05, 0.1) is 4.90 Å². The van der Waals surface area contributed by atoms with E-state index in [0.717, 1.165) is 0 Å². The molecule has 0 saturated carbocycles. The van der Waals surface area contributed by atoms with Crippen molar-refractivity contribution in [3.63, 3.8) is 0 Å². The lowest BCUT2D eigenvalue weighted by Gasteiger charge is -2.18. The van der Waals surface area contributed by atoms with Gasteiger partial charge in [-0.1, -0.05) is 30.3 Å². The number of benzene rings is 3. The van der Waals surface area contributed by atoms with Gasteiger partial charge in [-0.2, -0.15) is 9.98 Å². The van der Waals surface area contributed by atoms with Crippen LogP contribution in [0.25, 0.3) is 0 Å². The van der Waals surface area contributed by atoms with Crippen LogP contribution in [0, 0.1) is 0 Å². The van der Waals surface area contributed by atoms with E-state index in [4.69, 9.17) is 11.6 Å². The lowest BCUT2D eigenvalue weighted by molar-refractivity contribution is -0.113. The van der Waals surface area contributed by atoms with Gasteiger partial charge >= 0.3 is 6.03 Å². The standard InChI is InChI=1S/C26H19ClN4O5S/c27-15-22(32)28-19-8-6-17(7-9-19)25(33)31-13-12-18-14-20(10-11-21(18)31)37(35,36)24-23(29-26(34)30-24)16-4-2-1-3-5-16/h1-11,14H,12-13,15H2,(H,28,32). The topological polar surface area (TPSA) is 125 Å². The van der Waals surface area contributed by atoms with E-state index < -0.39 is 20.9 Å². The molecule has 0 bridgehead atoms. The van der Waals surface area contributed by atoms with E-state index in [1.165, 1.54) is 12.1 Å². The van der Waals surface area contributed by atoms with Crippen molar-refractivity contribution in [2.75, 3.05) is 22.6 Å². The van der Waals surface area contributed by atoms with Crippen LogP contribution in [0.2, 0.25) is 0 Å². The molecular formula is C26H19ClN4O5S. The summed E-state index contributed by atoms with van der Waals surface area (Å²) in [5.74, 6) is -0.781. The molecule has 0 atom stereocenters. The van der Waals surface area contributed by atoms with Gasteiger partial charge in [0.15, 0.2) is 5.04 Å². The van der Waals surface area contributed by atoms with Crippen molar-refractivity contribution < 1.29 is 22.8 Å². The average Bonchev–Trinajstić information content (AvgIpc) is 3.53. The fourth-order valence-electron chi connectivity index (χ4n) is 4.19. The molecule has 0 unspecified atom stereocenters. The number of amides is 4. The smallest absolute Gasteiger partial charge is 0.325 e. The Morgan fingerprint density at radius 1 is 0.973 bits per heavy atom. The van der Waals surface area contributed by atoms with Gasteiger partial charge in [0.2, 0.25) is 15.7 Å². The normalized spacial score (nSPS) is 14.7. The van der Waals surface area contributed by atoms with E-state index >= 15 is 0 Å². The minimum absolute atomic E-state index is 0.00795. The van der Waals surface area contributed by atoms with Crippen molar-refractivity contribution in [3.8, 4) is 0 Å². The summed E-state index contributed by atoms with van der Waals surface area (Å²) >= 11 is 5.50. The zero-order valence-corrected chi connectivity index (χ0v) is 20.8. The van der Waals surface area contributed by atoms with E-state index in [1.807, 2.05) is 0 Å². The first-order valence-electron chi connectivity index (χ1n) is 11.2. The number of alkyl halides is 1. The fraction of sp³-hybridized carbons (Fsp3) is 0.115. The van der Waals surface area contributed by atoms with Gasteiger partial charge in [-0.05, 0) is 54.4 Å². The number of halogens is 1. The average molecular weight is 535 g/mol. The molecule has 2 heterocycles. The monoisotopic (exact) mass is 534 g/mol. The molecule has 186 valence electrons. The van der Waals surface area contributed by atoms with Crippen molar-refractivity contribution in [1.29, 1.82) is 0 Å². The van der Waals surface area contributed by atoms with Crippen LogP contribution in [-0.2, 0) is 21.1 Å². The molecule has 5 rings (SSSR count). The minimum atomic E-state index is -4.15. The van der Waals surface area contributed by atoms with Crippen molar-refractivity contribution >= 4 is 61.4 Å². The number of hydrogen-bond donors (Lipinski definition) is 1. The Morgan fingerprint density at radius 2 is 1.70 bits per heavy atom. The Morgan fingerprint density at radius 3 is 2.41 bits per heavy atom. The van der Waals surface area contributed by atoms with Crippen LogP contribution >= 0.6 is 11.6 Å².